The number of hydrogen-bond acceptors (Lipinski definition) is 3. The number of carbonyl (C=O) groups is 1. The van der Waals surface area contributed by atoms with Crippen LogP contribution in [0, 0.1) is 0 Å². The molecule has 1 aromatic carbocycles. The van der Waals surface area contributed by atoms with Crippen molar-refractivity contribution in [3.63, 3.8) is 0 Å². The Hall–Kier alpha value is -2.60. The highest BCUT2D eigenvalue weighted by atomic mass is 35.5. The molecule has 0 fully saturated rings. The Morgan fingerprint density at radius 3 is 2.43 bits per heavy atom. The van der Waals surface area contributed by atoms with Gasteiger partial charge in [-0.1, -0.05) is 38.4 Å². The predicted octanol–water partition coefficient (Wildman–Crippen LogP) is 5.03. The average Bonchev–Trinajstić information content (AvgIpc) is 3.21. The Bertz CT molecular complexity index is 1000. The van der Waals surface area contributed by atoms with Crippen LogP contribution in [0.25, 0.3) is 5.69 Å². The molecule has 0 aliphatic rings. The monoisotopic (exact) mass is 399 g/mol. The number of nitrogens with zero attached hydrogens (tertiary/aromatic N) is 4. The molecule has 0 unspecified atom stereocenters. The normalized spacial score (nSPS) is 12.2. The summed E-state index contributed by atoms with van der Waals surface area (Å²) < 4.78 is 3.48. The van der Waals surface area contributed by atoms with Gasteiger partial charge in [-0.25, -0.2) is 9.36 Å². The Kier molecular flexibility index (Phi) is 5.10. The van der Waals surface area contributed by atoms with E-state index in [1.54, 1.807) is 29.2 Å². The Morgan fingerprint density at radius 1 is 1.11 bits per heavy atom. The SMILES string of the molecule is CC(C)(C)c1cc(NC(=O)c2cnn(-c3cccc(Cl)c3)c2)n(C(C)(C)C)n1. The number of carbonyl (C=O) groups excluding carboxylic acids is 1. The third-order valence-corrected chi connectivity index (χ3v) is 4.51. The molecule has 2 heterocycles. The summed E-state index contributed by atoms with van der Waals surface area (Å²) in [5.41, 5.74) is 1.79. The van der Waals surface area contributed by atoms with Gasteiger partial charge in [0.25, 0.3) is 5.91 Å². The third kappa shape index (κ3) is 4.28. The van der Waals surface area contributed by atoms with Gasteiger partial charge in [0.1, 0.15) is 5.82 Å². The molecule has 0 radical (unpaired) electrons. The zero-order chi connectivity index (χ0) is 20.7. The maximum atomic E-state index is 12.8. The van der Waals surface area contributed by atoms with Crippen LogP contribution < -0.4 is 5.32 Å². The number of rotatable bonds is 3. The molecule has 7 heteroatoms. The summed E-state index contributed by atoms with van der Waals surface area (Å²) in [7, 11) is 0. The van der Waals surface area contributed by atoms with Gasteiger partial charge in [-0.3, -0.25) is 4.79 Å². The average molecular weight is 400 g/mol. The minimum atomic E-state index is -0.267. The summed E-state index contributed by atoms with van der Waals surface area (Å²) >= 11 is 6.04. The van der Waals surface area contributed by atoms with Crippen LogP contribution in [0.3, 0.4) is 0 Å². The standard InChI is InChI=1S/C21H26ClN5O/c1-20(2,3)17-11-18(27(25-17)21(4,5)6)24-19(28)14-12-23-26(13-14)16-9-7-8-15(22)10-16/h7-13H,1-6H3,(H,24,28). The van der Waals surface area contributed by atoms with Crippen LogP contribution in [-0.2, 0) is 11.0 Å². The van der Waals surface area contributed by atoms with E-state index in [-0.39, 0.29) is 16.9 Å². The Labute approximate surface area is 170 Å². The lowest BCUT2D eigenvalue weighted by Gasteiger charge is -2.22. The smallest absolute Gasteiger partial charge is 0.260 e. The third-order valence-electron chi connectivity index (χ3n) is 4.27. The fraction of sp³-hybridized carbons (Fsp3) is 0.381. The molecule has 28 heavy (non-hydrogen) atoms. The van der Waals surface area contributed by atoms with Crippen LogP contribution in [0.4, 0.5) is 5.82 Å². The summed E-state index contributed by atoms with van der Waals surface area (Å²) in [6.45, 7) is 12.5. The quantitative estimate of drug-likeness (QED) is 0.671. The van der Waals surface area contributed by atoms with Gasteiger partial charge in [0, 0.05) is 22.7 Å². The summed E-state index contributed by atoms with van der Waals surface area (Å²) in [6, 6.07) is 9.24. The van der Waals surface area contributed by atoms with Crippen molar-refractivity contribution in [3.05, 3.63) is 59.0 Å². The van der Waals surface area contributed by atoms with E-state index >= 15 is 0 Å². The van der Waals surface area contributed by atoms with Gasteiger partial charge in [-0.05, 0) is 39.0 Å². The molecular formula is C21H26ClN5O. The van der Waals surface area contributed by atoms with Gasteiger partial charge >= 0.3 is 0 Å². The maximum Gasteiger partial charge on any atom is 0.260 e. The zero-order valence-corrected chi connectivity index (χ0v) is 17.9. The second-order valence-electron chi connectivity index (χ2n) is 8.86. The number of halogens is 1. The number of amides is 1. The van der Waals surface area contributed by atoms with Crippen LogP contribution in [0.2, 0.25) is 5.02 Å². The second-order valence-corrected chi connectivity index (χ2v) is 9.29. The van der Waals surface area contributed by atoms with E-state index in [4.69, 9.17) is 16.7 Å². The number of benzene rings is 1. The first kappa shape index (κ1) is 20.1. The highest BCUT2D eigenvalue weighted by Crippen LogP contribution is 2.28. The number of anilines is 1. The van der Waals surface area contributed by atoms with Gasteiger partial charge < -0.3 is 5.32 Å². The summed E-state index contributed by atoms with van der Waals surface area (Å²) in [6.07, 6.45) is 3.22. The highest BCUT2D eigenvalue weighted by Gasteiger charge is 2.26. The van der Waals surface area contributed by atoms with E-state index in [9.17, 15) is 4.79 Å². The first-order valence-electron chi connectivity index (χ1n) is 9.18. The number of aromatic nitrogens is 4. The van der Waals surface area contributed by atoms with E-state index in [2.05, 4.69) is 52.0 Å². The van der Waals surface area contributed by atoms with Crippen molar-refractivity contribution in [2.24, 2.45) is 0 Å². The van der Waals surface area contributed by atoms with E-state index < -0.39 is 0 Å². The molecule has 0 aliphatic heterocycles. The molecule has 0 saturated carbocycles. The highest BCUT2D eigenvalue weighted by molar-refractivity contribution is 6.30. The summed E-state index contributed by atoms with van der Waals surface area (Å²) in [5.74, 6) is 0.428. The van der Waals surface area contributed by atoms with Crippen molar-refractivity contribution >= 4 is 23.3 Å². The van der Waals surface area contributed by atoms with Gasteiger partial charge in [-0.15, -0.1) is 0 Å². The van der Waals surface area contributed by atoms with Crippen molar-refractivity contribution in [1.29, 1.82) is 0 Å². The fourth-order valence-electron chi connectivity index (χ4n) is 2.74. The molecule has 0 spiro atoms. The van der Waals surface area contributed by atoms with Gasteiger partial charge in [0.05, 0.1) is 28.7 Å². The van der Waals surface area contributed by atoms with Crippen molar-refractivity contribution in [2.75, 3.05) is 5.32 Å². The molecule has 0 aliphatic carbocycles. The molecule has 0 atom stereocenters. The number of hydrogen-bond donors (Lipinski definition) is 1. The first-order valence-corrected chi connectivity index (χ1v) is 9.56. The first-order chi connectivity index (χ1) is 12.9. The Balaban J connectivity index is 1.88. The van der Waals surface area contributed by atoms with E-state index in [0.29, 0.717) is 16.4 Å². The minimum absolute atomic E-state index is 0.118. The largest absolute Gasteiger partial charge is 0.307 e. The van der Waals surface area contributed by atoms with Crippen LogP contribution in [0.15, 0.2) is 42.7 Å². The summed E-state index contributed by atoms with van der Waals surface area (Å²) in [5, 5.41) is 12.6. The molecule has 0 saturated heterocycles. The molecule has 3 aromatic rings. The second kappa shape index (κ2) is 7.09. The van der Waals surface area contributed by atoms with Crippen molar-refractivity contribution in [1.82, 2.24) is 19.6 Å². The number of nitrogens with one attached hydrogen (secondary N) is 1. The molecule has 1 N–H and O–H groups in total. The van der Waals surface area contributed by atoms with Gasteiger partial charge in [0.2, 0.25) is 0 Å². The van der Waals surface area contributed by atoms with Crippen LogP contribution in [0.5, 0.6) is 0 Å². The van der Waals surface area contributed by atoms with Crippen molar-refractivity contribution in [3.8, 4) is 5.69 Å². The molecule has 148 valence electrons. The molecule has 6 nitrogen and oxygen atoms in total. The molecular weight excluding hydrogens is 374 g/mol. The lowest BCUT2D eigenvalue weighted by molar-refractivity contribution is 0.102. The van der Waals surface area contributed by atoms with Crippen molar-refractivity contribution in [2.45, 2.75) is 52.5 Å². The van der Waals surface area contributed by atoms with Gasteiger partial charge in [0.15, 0.2) is 0 Å². The topological polar surface area (TPSA) is 64.7 Å². The fourth-order valence-corrected chi connectivity index (χ4v) is 2.92. The van der Waals surface area contributed by atoms with E-state index in [1.165, 1.54) is 0 Å². The van der Waals surface area contributed by atoms with Crippen molar-refractivity contribution < 1.29 is 4.79 Å². The minimum Gasteiger partial charge on any atom is -0.307 e. The molecule has 2 aromatic heterocycles. The molecule has 3 rings (SSSR count). The zero-order valence-electron chi connectivity index (χ0n) is 17.1. The van der Waals surface area contributed by atoms with E-state index in [0.717, 1.165) is 11.4 Å². The van der Waals surface area contributed by atoms with Crippen LogP contribution in [-0.4, -0.2) is 25.5 Å². The molecule has 0 bridgehead atoms. The van der Waals surface area contributed by atoms with E-state index in [1.807, 2.05) is 22.9 Å². The predicted molar refractivity (Wildman–Crippen MR) is 112 cm³/mol. The van der Waals surface area contributed by atoms with Crippen LogP contribution >= 0.6 is 11.6 Å². The Morgan fingerprint density at radius 2 is 1.82 bits per heavy atom. The van der Waals surface area contributed by atoms with Gasteiger partial charge in [-0.2, -0.15) is 10.2 Å². The van der Waals surface area contributed by atoms with Crippen LogP contribution in [0.1, 0.15) is 57.6 Å². The lowest BCUT2D eigenvalue weighted by Crippen LogP contribution is -2.27. The maximum absolute atomic E-state index is 12.8. The summed E-state index contributed by atoms with van der Waals surface area (Å²) in [4.78, 5) is 12.8. The lowest BCUT2D eigenvalue weighted by atomic mass is 9.92. The molecule has 1 amide bonds.